The summed E-state index contributed by atoms with van der Waals surface area (Å²) in [5.74, 6) is -0.680. The minimum atomic E-state index is -0.812. The van der Waals surface area contributed by atoms with Gasteiger partial charge in [-0.2, -0.15) is 0 Å². The van der Waals surface area contributed by atoms with Crippen molar-refractivity contribution in [3.63, 3.8) is 0 Å². The van der Waals surface area contributed by atoms with Crippen LogP contribution < -0.4 is 14.2 Å². The summed E-state index contributed by atoms with van der Waals surface area (Å²) in [7, 11) is 4.62. The van der Waals surface area contributed by atoms with Gasteiger partial charge in [-0.25, -0.2) is 0 Å². The van der Waals surface area contributed by atoms with E-state index in [-0.39, 0.29) is 36.2 Å². The van der Waals surface area contributed by atoms with Crippen molar-refractivity contribution in [2.45, 2.75) is 38.2 Å². The Balaban J connectivity index is 1.53. The number of carbonyl (C=O) groups excluding carboxylic acids is 2. The second-order valence-electron chi connectivity index (χ2n) is 10.2. The fourth-order valence-corrected chi connectivity index (χ4v) is 5.77. The van der Waals surface area contributed by atoms with E-state index in [1.165, 1.54) is 13.2 Å². The van der Waals surface area contributed by atoms with E-state index in [1.807, 2.05) is 48.5 Å². The Hall–Kier alpha value is -4.59. The average Bonchev–Trinajstić information content (AvgIpc) is 2.99. The topological polar surface area (TPSA) is 104 Å². The molecule has 8 heteroatoms. The normalized spacial score (nSPS) is 20.1. The average molecular weight is 556 g/mol. The molecule has 8 nitrogen and oxygen atoms in total. The Morgan fingerprint density at radius 2 is 1.56 bits per heavy atom. The number of allylic oxidation sites excluding steroid dienone is 2. The summed E-state index contributed by atoms with van der Waals surface area (Å²) in [6, 6.07) is 20.0. The Kier molecular flexibility index (Phi) is 8.10. The molecule has 1 heterocycles. The fourth-order valence-electron chi connectivity index (χ4n) is 5.77. The molecule has 3 aromatic carbocycles. The molecule has 5 rings (SSSR count). The first-order valence-corrected chi connectivity index (χ1v) is 13.4. The molecule has 0 aromatic heterocycles. The second kappa shape index (κ2) is 11.9. The van der Waals surface area contributed by atoms with Crippen LogP contribution in [-0.2, 0) is 20.9 Å². The number of ketones is 1. The molecule has 0 amide bonds. The van der Waals surface area contributed by atoms with Gasteiger partial charge in [0.15, 0.2) is 28.8 Å². The second-order valence-corrected chi connectivity index (χ2v) is 10.2. The van der Waals surface area contributed by atoms with Crippen LogP contribution in [0.1, 0.15) is 48.3 Å². The van der Waals surface area contributed by atoms with Gasteiger partial charge < -0.3 is 24.1 Å². The zero-order chi connectivity index (χ0) is 29.1. The standard InChI is InChI=1S/C33H33NO7/c1-19-30(33(37)41-18-20-8-6-5-7-9-20)31(22-10-12-25(35)28(17-22)39-3)32-24(34-19)14-23(15-26(32)36)21-11-13-27(38-2)29(16-21)40-4/h5-13,16-17,23,30-31,35H,14-15,18H2,1-4H3/t23-,30?,31-/m1/s1. The lowest BCUT2D eigenvalue weighted by Gasteiger charge is -2.36. The summed E-state index contributed by atoms with van der Waals surface area (Å²) in [6.45, 7) is 1.91. The summed E-state index contributed by atoms with van der Waals surface area (Å²) < 4.78 is 22.0. The number of benzene rings is 3. The van der Waals surface area contributed by atoms with Gasteiger partial charge in [-0.15, -0.1) is 0 Å². The third-order valence-electron chi connectivity index (χ3n) is 7.81. The van der Waals surface area contributed by atoms with E-state index < -0.39 is 17.8 Å². The highest BCUT2D eigenvalue weighted by molar-refractivity contribution is 6.09. The number of methoxy groups -OCH3 is 3. The molecule has 41 heavy (non-hydrogen) atoms. The highest BCUT2D eigenvalue weighted by atomic mass is 16.5. The first-order chi connectivity index (χ1) is 19.8. The van der Waals surface area contributed by atoms with Crippen LogP contribution in [0.4, 0.5) is 0 Å². The molecule has 2 aliphatic rings. The first kappa shape index (κ1) is 28.0. The van der Waals surface area contributed by atoms with Gasteiger partial charge >= 0.3 is 5.97 Å². The highest BCUT2D eigenvalue weighted by Gasteiger charge is 2.45. The van der Waals surface area contributed by atoms with Gasteiger partial charge in [-0.1, -0.05) is 42.5 Å². The summed E-state index contributed by atoms with van der Waals surface area (Å²) in [6.07, 6.45) is 0.770. The molecule has 3 atom stereocenters. The van der Waals surface area contributed by atoms with Gasteiger partial charge in [-0.05, 0) is 60.2 Å². The van der Waals surface area contributed by atoms with Crippen molar-refractivity contribution in [1.29, 1.82) is 0 Å². The number of hydrogen-bond donors (Lipinski definition) is 1. The largest absolute Gasteiger partial charge is 0.504 e. The summed E-state index contributed by atoms with van der Waals surface area (Å²) >= 11 is 0. The molecular formula is C33H33NO7. The minimum absolute atomic E-state index is 0.0293. The molecular weight excluding hydrogens is 522 g/mol. The van der Waals surface area contributed by atoms with Gasteiger partial charge in [0.25, 0.3) is 0 Å². The number of Topliss-reactive ketones (excluding diaryl/α,β-unsaturated/α-hetero) is 1. The van der Waals surface area contributed by atoms with Crippen LogP contribution in [0, 0.1) is 5.92 Å². The number of aliphatic imine (C=N–C) groups is 1. The van der Waals surface area contributed by atoms with Crippen molar-refractivity contribution in [2.24, 2.45) is 10.9 Å². The quantitative estimate of drug-likeness (QED) is 0.354. The summed E-state index contributed by atoms with van der Waals surface area (Å²) in [4.78, 5) is 32.4. The number of aromatic hydroxyl groups is 1. The smallest absolute Gasteiger partial charge is 0.315 e. The van der Waals surface area contributed by atoms with Gasteiger partial charge in [-0.3, -0.25) is 14.6 Å². The lowest BCUT2D eigenvalue weighted by atomic mass is 9.69. The van der Waals surface area contributed by atoms with Gasteiger partial charge in [0.1, 0.15) is 12.5 Å². The van der Waals surface area contributed by atoms with Crippen LogP contribution >= 0.6 is 0 Å². The molecule has 0 saturated heterocycles. The van der Waals surface area contributed by atoms with Crippen LogP contribution in [-0.4, -0.2) is 43.9 Å². The SMILES string of the molecule is COc1cc([C@H]2C3=C(C[C@@H](c4ccc(OC)c(OC)c4)CC3=O)N=C(C)C2C(=O)OCc2ccccc2)ccc1O. The van der Waals surface area contributed by atoms with E-state index in [0.717, 1.165) is 11.1 Å². The molecule has 0 saturated carbocycles. The van der Waals surface area contributed by atoms with Crippen molar-refractivity contribution >= 4 is 17.5 Å². The number of phenolic OH excluding ortho intramolecular Hbond substituents is 1. The van der Waals surface area contributed by atoms with E-state index in [0.29, 0.717) is 40.5 Å². The number of phenols is 1. The Morgan fingerprint density at radius 1 is 0.878 bits per heavy atom. The number of nitrogens with zero attached hydrogens (tertiary/aromatic N) is 1. The molecule has 1 N–H and O–H groups in total. The number of hydrogen-bond acceptors (Lipinski definition) is 8. The van der Waals surface area contributed by atoms with Crippen LogP contribution in [0.15, 0.2) is 83.0 Å². The zero-order valence-electron chi connectivity index (χ0n) is 23.5. The Morgan fingerprint density at radius 3 is 2.27 bits per heavy atom. The predicted molar refractivity (Wildman–Crippen MR) is 154 cm³/mol. The summed E-state index contributed by atoms with van der Waals surface area (Å²) in [5, 5.41) is 10.3. The molecule has 1 unspecified atom stereocenters. The Bertz CT molecular complexity index is 1530. The molecule has 212 valence electrons. The zero-order valence-corrected chi connectivity index (χ0v) is 23.5. The van der Waals surface area contributed by atoms with Crippen LogP contribution in [0.25, 0.3) is 0 Å². The maximum Gasteiger partial charge on any atom is 0.315 e. The number of esters is 1. The van der Waals surface area contributed by atoms with Crippen molar-refractivity contribution < 1.29 is 33.6 Å². The maximum atomic E-state index is 13.9. The van der Waals surface area contributed by atoms with Gasteiger partial charge in [0.2, 0.25) is 0 Å². The molecule has 0 spiro atoms. The lowest BCUT2D eigenvalue weighted by Crippen LogP contribution is -2.38. The number of ether oxygens (including phenoxy) is 4. The van der Waals surface area contributed by atoms with Crippen LogP contribution in [0.5, 0.6) is 23.0 Å². The van der Waals surface area contributed by atoms with E-state index in [1.54, 1.807) is 33.3 Å². The molecule has 0 bridgehead atoms. The van der Waals surface area contributed by atoms with E-state index >= 15 is 0 Å². The van der Waals surface area contributed by atoms with Crippen molar-refractivity contribution in [2.75, 3.05) is 21.3 Å². The number of rotatable bonds is 8. The number of carbonyl (C=O) groups is 2. The monoisotopic (exact) mass is 555 g/mol. The molecule has 3 aromatic rings. The molecule has 1 aliphatic heterocycles. The maximum absolute atomic E-state index is 13.9. The lowest BCUT2D eigenvalue weighted by molar-refractivity contribution is -0.148. The van der Waals surface area contributed by atoms with Gasteiger partial charge in [0, 0.05) is 29.3 Å². The minimum Gasteiger partial charge on any atom is -0.504 e. The molecule has 0 radical (unpaired) electrons. The summed E-state index contributed by atoms with van der Waals surface area (Å²) in [5.41, 5.74) is 4.20. The molecule has 0 fully saturated rings. The van der Waals surface area contributed by atoms with E-state index in [4.69, 9.17) is 23.9 Å². The highest BCUT2D eigenvalue weighted by Crippen LogP contribution is 2.48. The van der Waals surface area contributed by atoms with Crippen molar-refractivity contribution in [3.8, 4) is 23.0 Å². The fraction of sp³-hybridized carbons (Fsp3) is 0.303. The molecule has 1 aliphatic carbocycles. The van der Waals surface area contributed by atoms with E-state index in [2.05, 4.69) is 0 Å². The van der Waals surface area contributed by atoms with Crippen molar-refractivity contribution in [3.05, 3.63) is 94.7 Å². The van der Waals surface area contributed by atoms with Crippen LogP contribution in [0.3, 0.4) is 0 Å². The predicted octanol–water partition coefficient (Wildman–Crippen LogP) is 5.74. The van der Waals surface area contributed by atoms with E-state index in [9.17, 15) is 14.7 Å². The third-order valence-corrected chi connectivity index (χ3v) is 7.81. The third kappa shape index (κ3) is 5.55. The van der Waals surface area contributed by atoms with Crippen LogP contribution in [0.2, 0.25) is 0 Å². The van der Waals surface area contributed by atoms with Gasteiger partial charge in [0.05, 0.1) is 21.3 Å². The first-order valence-electron chi connectivity index (χ1n) is 13.4. The Labute approximate surface area is 239 Å². The van der Waals surface area contributed by atoms with Crippen molar-refractivity contribution in [1.82, 2.24) is 0 Å².